The molecule has 24 heavy (non-hydrogen) atoms. The molecule has 0 radical (unpaired) electrons. The van der Waals surface area contributed by atoms with E-state index in [-0.39, 0.29) is 17.8 Å². The van der Waals surface area contributed by atoms with E-state index in [1.54, 1.807) is 6.07 Å². The topological polar surface area (TPSA) is 29.5 Å². The highest BCUT2D eigenvalue weighted by Gasteiger charge is 2.22. The van der Waals surface area contributed by atoms with Crippen LogP contribution >= 0.6 is 0 Å². The molecule has 0 N–H and O–H groups in total. The number of halogens is 1. The van der Waals surface area contributed by atoms with Crippen molar-refractivity contribution in [3.8, 4) is 0 Å². The number of allylic oxidation sites excluding steroid dienone is 1. The van der Waals surface area contributed by atoms with Crippen LogP contribution in [0.4, 0.5) is 4.39 Å². The molecule has 2 fully saturated rings. The summed E-state index contributed by atoms with van der Waals surface area (Å²) in [7, 11) is 0. The Morgan fingerprint density at radius 1 is 1.25 bits per heavy atom. The minimum atomic E-state index is -0.261. The predicted molar refractivity (Wildman–Crippen MR) is 92.0 cm³/mol. The van der Waals surface area contributed by atoms with Gasteiger partial charge >= 0.3 is 0 Å². The maximum absolute atomic E-state index is 13.5. The van der Waals surface area contributed by atoms with Crippen molar-refractivity contribution in [3.05, 3.63) is 47.3 Å². The molecular formula is C20H26FNO2. The average molecular weight is 331 g/mol. The van der Waals surface area contributed by atoms with E-state index in [1.807, 2.05) is 17.0 Å². The molecule has 1 saturated heterocycles. The molecule has 1 aromatic rings. The molecule has 1 aromatic carbocycles. The summed E-state index contributed by atoms with van der Waals surface area (Å²) in [5.41, 5.74) is 2.08. The normalized spacial score (nSPS) is 20.9. The zero-order valence-corrected chi connectivity index (χ0v) is 14.2. The molecule has 1 atom stereocenters. The molecule has 4 heteroatoms. The third kappa shape index (κ3) is 4.91. The van der Waals surface area contributed by atoms with Crippen molar-refractivity contribution in [2.75, 3.05) is 13.2 Å². The molecule has 1 amide bonds. The number of carbonyl (C=O) groups is 1. The molecule has 1 aliphatic heterocycles. The summed E-state index contributed by atoms with van der Waals surface area (Å²) in [5, 5.41) is 0. The van der Waals surface area contributed by atoms with Gasteiger partial charge in [-0.05, 0) is 56.2 Å². The predicted octanol–water partition coefficient (Wildman–Crippen LogP) is 4.22. The van der Waals surface area contributed by atoms with Crippen molar-refractivity contribution in [1.29, 1.82) is 0 Å². The Labute approximate surface area is 143 Å². The summed E-state index contributed by atoms with van der Waals surface area (Å²) in [6, 6.07) is 6.49. The van der Waals surface area contributed by atoms with Gasteiger partial charge < -0.3 is 9.64 Å². The van der Waals surface area contributed by atoms with E-state index < -0.39 is 0 Å². The molecule has 0 spiro atoms. The lowest BCUT2D eigenvalue weighted by molar-refractivity contribution is -0.128. The van der Waals surface area contributed by atoms with Crippen molar-refractivity contribution in [2.45, 2.75) is 57.6 Å². The fourth-order valence-corrected chi connectivity index (χ4v) is 3.54. The molecule has 3 rings (SSSR count). The van der Waals surface area contributed by atoms with Crippen molar-refractivity contribution in [1.82, 2.24) is 4.90 Å². The minimum absolute atomic E-state index is 0.0339. The van der Waals surface area contributed by atoms with Gasteiger partial charge in [-0.25, -0.2) is 4.39 Å². The first-order chi connectivity index (χ1) is 11.7. The van der Waals surface area contributed by atoms with Gasteiger partial charge in [0.1, 0.15) is 5.82 Å². The van der Waals surface area contributed by atoms with Crippen LogP contribution in [0.25, 0.3) is 0 Å². The zero-order valence-electron chi connectivity index (χ0n) is 14.2. The molecule has 2 aliphatic rings. The second-order valence-corrected chi connectivity index (χ2v) is 6.85. The van der Waals surface area contributed by atoms with Gasteiger partial charge in [-0.2, -0.15) is 0 Å². The van der Waals surface area contributed by atoms with Crippen LogP contribution in [0.15, 0.2) is 35.9 Å². The Morgan fingerprint density at radius 2 is 2.08 bits per heavy atom. The highest BCUT2D eigenvalue weighted by molar-refractivity contribution is 5.88. The Morgan fingerprint density at radius 3 is 2.79 bits per heavy atom. The molecule has 0 unspecified atom stereocenters. The number of ether oxygens (including phenoxy) is 1. The third-order valence-electron chi connectivity index (χ3n) is 4.85. The van der Waals surface area contributed by atoms with Gasteiger partial charge in [0, 0.05) is 25.8 Å². The second kappa shape index (κ2) is 8.43. The van der Waals surface area contributed by atoms with Crippen LogP contribution < -0.4 is 0 Å². The molecular weight excluding hydrogens is 305 g/mol. The summed E-state index contributed by atoms with van der Waals surface area (Å²) in [5.74, 6) is -0.227. The summed E-state index contributed by atoms with van der Waals surface area (Å²) < 4.78 is 19.2. The smallest absolute Gasteiger partial charge is 0.246 e. The Bertz CT molecular complexity index is 585. The Hall–Kier alpha value is -1.68. The Kier molecular flexibility index (Phi) is 6.02. The molecule has 3 nitrogen and oxygen atoms in total. The number of nitrogens with zero attached hydrogens (tertiary/aromatic N) is 1. The van der Waals surface area contributed by atoms with E-state index in [2.05, 4.69) is 0 Å². The van der Waals surface area contributed by atoms with Gasteiger partial charge in [-0.1, -0.05) is 24.1 Å². The standard InChI is InChI=1S/C20H26FNO2/c21-18-9-4-8-17(12-18)14-22(15-19-10-5-11-24-19)20(23)13-16-6-2-1-3-7-16/h4,8-9,12-13,19H,1-3,5-7,10-11,14-15H2/t19-/m1/s1. The number of hydrogen-bond donors (Lipinski definition) is 0. The lowest BCUT2D eigenvalue weighted by atomic mass is 9.94. The number of hydrogen-bond acceptors (Lipinski definition) is 2. The second-order valence-electron chi connectivity index (χ2n) is 6.85. The van der Waals surface area contributed by atoms with E-state index in [0.29, 0.717) is 13.1 Å². The molecule has 0 aromatic heterocycles. The van der Waals surface area contributed by atoms with E-state index in [4.69, 9.17) is 4.74 Å². The fraction of sp³-hybridized carbons (Fsp3) is 0.550. The van der Waals surface area contributed by atoms with E-state index in [9.17, 15) is 9.18 Å². The van der Waals surface area contributed by atoms with Gasteiger partial charge in [-0.3, -0.25) is 4.79 Å². The van der Waals surface area contributed by atoms with Gasteiger partial charge in [-0.15, -0.1) is 0 Å². The quantitative estimate of drug-likeness (QED) is 0.756. The lowest BCUT2D eigenvalue weighted by Gasteiger charge is -2.25. The number of amides is 1. The lowest BCUT2D eigenvalue weighted by Crippen LogP contribution is -2.36. The first kappa shape index (κ1) is 17.2. The highest BCUT2D eigenvalue weighted by atomic mass is 19.1. The van der Waals surface area contributed by atoms with Crippen LogP contribution in [0.1, 0.15) is 50.5 Å². The minimum Gasteiger partial charge on any atom is -0.376 e. The fourth-order valence-electron chi connectivity index (χ4n) is 3.54. The summed E-state index contributed by atoms with van der Waals surface area (Å²) in [6.45, 7) is 1.78. The van der Waals surface area contributed by atoms with Crippen LogP contribution in [-0.2, 0) is 16.1 Å². The van der Waals surface area contributed by atoms with Crippen LogP contribution in [0.3, 0.4) is 0 Å². The highest BCUT2D eigenvalue weighted by Crippen LogP contribution is 2.23. The van der Waals surface area contributed by atoms with Gasteiger partial charge in [0.25, 0.3) is 0 Å². The largest absolute Gasteiger partial charge is 0.376 e. The maximum atomic E-state index is 13.5. The van der Waals surface area contributed by atoms with Gasteiger partial charge in [0.15, 0.2) is 0 Å². The van der Waals surface area contributed by atoms with Gasteiger partial charge in [0.2, 0.25) is 5.91 Å². The molecule has 1 aliphatic carbocycles. The van der Waals surface area contributed by atoms with Crippen LogP contribution in [0, 0.1) is 5.82 Å². The molecule has 1 saturated carbocycles. The first-order valence-electron chi connectivity index (χ1n) is 9.05. The number of rotatable bonds is 5. The van der Waals surface area contributed by atoms with E-state index in [1.165, 1.54) is 37.0 Å². The van der Waals surface area contributed by atoms with Gasteiger partial charge in [0.05, 0.1) is 6.10 Å². The number of carbonyl (C=O) groups excluding carboxylic acids is 1. The van der Waals surface area contributed by atoms with Crippen molar-refractivity contribution in [3.63, 3.8) is 0 Å². The molecule has 0 bridgehead atoms. The summed E-state index contributed by atoms with van der Waals surface area (Å²) >= 11 is 0. The van der Waals surface area contributed by atoms with Crippen LogP contribution in [0.2, 0.25) is 0 Å². The van der Waals surface area contributed by atoms with Crippen molar-refractivity contribution >= 4 is 5.91 Å². The SMILES string of the molecule is O=C(C=C1CCCCC1)N(Cc1cccc(F)c1)C[C@H]1CCCO1. The number of benzene rings is 1. The Balaban J connectivity index is 1.71. The zero-order chi connectivity index (χ0) is 16.8. The third-order valence-corrected chi connectivity index (χ3v) is 4.85. The average Bonchev–Trinajstić information content (AvgIpc) is 3.08. The summed E-state index contributed by atoms with van der Waals surface area (Å²) in [6.07, 6.45) is 9.62. The van der Waals surface area contributed by atoms with Crippen molar-refractivity contribution in [2.24, 2.45) is 0 Å². The monoisotopic (exact) mass is 331 g/mol. The molecule has 130 valence electrons. The molecule has 1 heterocycles. The summed E-state index contributed by atoms with van der Waals surface area (Å²) in [4.78, 5) is 14.6. The van der Waals surface area contributed by atoms with Crippen molar-refractivity contribution < 1.29 is 13.9 Å². The first-order valence-corrected chi connectivity index (χ1v) is 9.05. The van der Waals surface area contributed by atoms with E-state index >= 15 is 0 Å². The van der Waals surface area contributed by atoms with Crippen LogP contribution in [0.5, 0.6) is 0 Å². The van der Waals surface area contributed by atoms with Crippen LogP contribution in [-0.4, -0.2) is 30.1 Å². The maximum Gasteiger partial charge on any atom is 0.246 e. The van der Waals surface area contributed by atoms with E-state index in [0.717, 1.165) is 37.9 Å².